The minimum Gasteiger partial charge on any atom is -0.495 e. The van der Waals surface area contributed by atoms with Gasteiger partial charge in [0.2, 0.25) is 5.91 Å². The Labute approximate surface area is 239 Å². The van der Waals surface area contributed by atoms with Gasteiger partial charge in [0, 0.05) is 35.4 Å². The summed E-state index contributed by atoms with van der Waals surface area (Å²) in [5.74, 6) is 0.0934. The Morgan fingerprint density at radius 3 is 2.38 bits per heavy atom. The summed E-state index contributed by atoms with van der Waals surface area (Å²) in [6.07, 6.45) is 1.85. The van der Waals surface area contributed by atoms with Gasteiger partial charge in [-0.15, -0.1) is 0 Å². The van der Waals surface area contributed by atoms with E-state index in [0.717, 1.165) is 28.0 Å². The fourth-order valence-electron chi connectivity index (χ4n) is 4.44. The number of amides is 1. The number of methoxy groups -OCH3 is 1. The second-order valence-corrected chi connectivity index (χ2v) is 11.2. The van der Waals surface area contributed by atoms with Crippen molar-refractivity contribution in [1.82, 2.24) is 14.5 Å². The van der Waals surface area contributed by atoms with Crippen molar-refractivity contribution in [1.29, 1.82) is 0 Å². The van der Waals surface area contributed by atoms with Gasteiger partial charge in [-0.2, -0.15) is 0 Å². The molecule has 40 heavy (non-hydrogen) atoms. The van der Waals surface area contributed by atoms with E-state index in [-0.39, 0.29) is 24.5 Å². The van der Waals surface area contributed by atoms with Crippen LogP contribution < -0.4 is 15.6 Å². The Hall–Kier alpha value is -3.75. The molecule has 1 unspecified atom stereocenters. The average molecular weight is 563 g/mol. The third-order valence-corrected chi connectivity index (χ3v) is 6.90. The molecule has 9 heteroatoms. The van der Waals surface area contributed by atoms with Gasteiger partial charge < -0.3 is 14.8 Å². The van der Waals surface area contributed by atoms with E-state index >= 15 is 0 Å². The summed E-state index contributed by atoms with van der Waals surface area (Å²) in [4.78, 5) is 36.4. The van der Waals surface area contributed by atoms with E-state index in [1.54, 1.807) is 30.5 Å². The van der Waals surface area contributed by atoms with Gasteiger partial charge >= 0.3 is 0 Å². The van der Waals surface area contributed by atoms with Gasteiger partial charge in [-0.3, -0.25) is 14.2 Å². The summed E-state index contributed by atoms with van der Waals surface area (Å²) in [6, 6.07) is 11.5. The number of benzene rings is 2. The molecule has 0 bridgehead atoms. The minimum atomic E-state index is -0.861. The molecule has 2 aromatic heterocycles. The largest absolute Gasteiger partial charge is 0.495 e. The predicted molar refractivity (Wildman–Crippen MR) is 159 cm³/mol. The highest BCUT2D eigenvalue weighted by Crippen LogP contribution is 2.33. The van der Waals surface area contributed by atoms with Gasteiger partial charge in [0.15, 0.2) is 0 Å². The highest BCUT2D eigenvalue weighted by atomic mass is 35.5. The lowest BCUT2D eigenvalue weighted by Crippen LogP contribution is -2.34. The molecule has 0 fully saturated rings. The highest BCUT2D eigenvalue weighted by Gasteiger charge is 2.25. The molecule has 0 saturated carbocycles. The molecule has 4 rings (SSSR count). The van der Waals surface area contributed by atoms with E-state index in [0.29, 0.717) is 27.5 Å². The first-order chi connectivity index (χ1) is 18.9. The quantitative estimate of drug-likeness (QED) is 0.266. The van der Waals surface area contributed by atoms with E-state index in [1.807, 2.05) is 53.7 Å². The number of halogens is 1. The number of nitrogens with one attached hydrogen (secondary N) is 1. The summed E-state index contributed by atoms with van der Waals surface area (Å²) in [6.45, 7) is 11.8. The van der Waals surface area contributed by atoms with Crippen LogP contribution in [0.5, 0.6) is 5.75 Å². The van der Waals surface area contributed by atoms with Crippen LogP contribution in [0.2, 0.25) is 5.02 Å². The molecule has 8 nitrogen and oxygen atoms in total. The molecule has 1 atom stereocenters. The maximum atomic E-state index is 13.7. The van der Waals surface area contributed by atoms with E-state index in [1.165, 1.54) is 17.7 Å². The SMILES string of the molecule is COc1cn(C(CCOC(C)(C)C)C(=O)Nc2ccc3nc(C)c(C)nc3c2)c(=O)cc1-c1cc(Cl)ccc1C. The average Bonchev–Trinajstić information content (AvgIpc) is 2.88. The lowest BCUT2D eigenvalue weighted by molar-refractivity contribution is -0.120. The maximum Gasteiger partial charge on any atom is 0.252 e. The molecule has 4 aromatic rings. The van der Waals surface area contributed by atoms with E-state index in [9.17, 15) is 9.59 Å². The van der Waals surface area contributed by atoms with Gasteiger partial charge in [0.25, 0.3) is 5.56 Å². The van der Waals surface area contributed by atoms with Crippen molar-refractivity contribution in [3.05, 3.63) is 81.0 Å². The van der Waals surface area contributed by atoms with Crippen LogP contribution in [-0.4, -0.2) is 39.8 Å². The molecule has 1 amide bonds. The molecule has 1 N–H and O–H groups in total. The maximum absolute atomic E-state index is 13.7. The third-order valence-electron chi connectivity index (χ3n) is 6.66. The van der Waals surface area contributed by atoms with Crippen molar-refractivity contribution in [3.63, 3.8) is 0 Å². The zero-order chi connectivity index (χ0) is 29.2. The monoisotopic (exact) mass is 562 g/mol. The number of pyridine rings is 1. The van der Waals surface area contributed by atoms with E-state index < -0.39 is 11.6 Å². The van der Waals surface area contributed by atoms with Crippen LogP contribution >= 0.6 is 11.6 Å². The summed E-state index contributed by atoms with van der Waals surface area (Å²) >= 11 is 6.25. The van der Waals surface area contributed by atoms with Crippen molar-refractivity contribution in [3.8, 4) is 16.9 Å². The molecule has 2 aromatic carbocycles. The lowest BCUT2D eigenvalue weighted by Gasteiger charge is -2.24. The number of carbonyl (C=O) groups is 1. The van der Waals surface area contributed by atoms with Crippen LogP contribution in [0.4, 0.5) is 5.69 Å². The van der Waals surface area contributed by atoms with Gasteiger partial charge in [-0.05, 0) is 83.0 Å². The third kappa shape index (κ3) is 6.69. The van der Waals surface area contributed by atoms with Crippen LogP contribution in [0.3, 0.4) is 0 Å². The number of nitrogens with zero attached hydrogens (tertiary/aromatic N) is 3. The van der Waals surface area contributed by atoms with Gasteiger partial charge in [-0.1, -0.05) is 17.7 Å². The van der Waals surface area contributed by atoms with Crippen LogP contribution in [0.1, 0.15) is 50.2 Å². The molecule has 0 radical (unpaired) electrons. The fourth-order valence-corrected chi connectivity index (χ4v) is 4.61. The first-order valence-electron chi connectivity index (χ1n) is 13.1. The Kier molecular flexibility index (Phi) is 8.61. The van der Waals surface area contributed by atoms with Crippen LogP contribution in [0.25, 0.3) is 22.2 Å². The first-order valence-corrected chi connectivity index (χ1v) is 13.5. The van der Waals surface area contributed by atoms with Crippen molar-refractivity contribution in [2.75, 3.05) is 19.0 Å². The fraction of sp³-hybridized carbons (Fsp3) is 0.355. The van der Waals surface area contributed by atoms with Crippen molar-refractivity contribution in [2.45, 2.75) is 59.6 Å². The molecular weight excluding hydrogens is 528 g/mol. The molecule has 0 saturated heterocycles. The van der Waals surface area contributed by atoms with Crippen molar-refractivity contribution < 1.29 is 14.3 Å². The van der Waals surface area contributed by atoms with Gasteiger partial charge in [-0.25, -0.2) is 9.97 Å². The second kappa shape index (κ2) is 11.8. The summed E-state index contributed by atoms with van der Waals surface area (Å²) in [5, 5.41) is 3.51. The zero-order valence-electron chi connectivity index (χ0n) is 24.0. The van der Waals surface area contributed by atoms with Crippen LogP contribution in [-0.2, 0) is 9.53 Å². The summed E-state index contributed by atoms with van der Waals surface area (Å²) in [5.41, 5.74) is 5.24. The summed E-state index contributed by atoms with van der Waals surface area (Å²) < 4.78 is 13.0. The number of carbonyl (C=O) groups excluding carboxylic acids is 1. The Balaban J connectivity index is 1.72. The number of anilines is 1. The predicted octanol–water partition coefficient (Wildman–Crippen LogP) is 6.43. The molecule has 0 aliphatic heterocycles. The smallest absolute Gasteiger partial charge is 0.252 e. The summed E-state index contributed by atoms with van der Waals surface area (Å²) in [7, 11) is 1.53. The minimum absolute atomic E-state index is 0.271. The Morgan fingerprint density at radius 2 is 1.70 bits per heavy atom. The Bertz CT molecular complexity index is 1620. The Morgan fingerprint density at radius 1 is 1.00 bits per heavy atom. The number of hydrogen-bond acceptors (Lipinski definition) is 6. The lowest BCUT2D eigenvalue weighted by atomic mass is 10.0. The number of aromatic nitrogens is 3. The molecule has 0 aliphatic rings. The van der Waals surface area contributed by atoms with Crippen molar-refractivity contribution >= 4 is 34.2 Å². The number of fused-ring (bicyclic) bond motifs is 1. The molecule has 210 valence electrons. The molecule has 2 heterocycles. The van der Waals surface area contributed by atoms with Gasteiger partial charge in [0.05, 0.1) is 41.3 Å². The number of hydrogen-bond donors (Lipinski definition) is 1. The van der Waals surface area contributed by atoms with Crippen LogP contribution in [0.15, 0.2) is 53.5 Å². The number of ether oxygens (including phenoxy) is 2. The standard InChI is InChI=1S/C31H35ClN4O4/c1-18-8-9-21(32)14-23(18)24-16-29(37)36(17-28(24)39-7)27(12-13-40-31(4,5)6)30(38)35-22-10-11-25-26(15-22)34-20(3)19(2)33-25/h8-11,14-17,27H,12-13H2,1-7H3,(H,35,38). The number of rotatable bonds is 8. The van der Waals surface area contributed by atoms with E-state index in [4.69, 9.17) is 21.1 Å². The van der Waals surface area contributed by atoms with Crippen molar-refractivity contribution in [2.24, 2.45) is 0 Å². The van der Waals surface area contributed by atoms with E-state index in [2.05, 4.69) is 15.3 Å². The molecular formula is C31H35ClN4O4. The van der Waals surface area contributed by atoms with Gasteiger partial charge in [0.1, 0.15) is 11.8 Å². The second-order valence-electron chi connectivity index (χ2n) is 10.8. The molecule has 0 spiro atoms. The normalized spacial score (nSPS) is 12.4. The zero-order valence-corrected chi connectivity index (χ0v) is 24.7. The topological polar surface area (TPSA) is 95.3 Å². The molecule has 0 aliphatic carbocycles. The first kappa shape index (κ1) is 29.2. The van der Waals surface area contributed by atoms with Crippen LogP contribution in [0, 0.1) is 20.8 Å². The number of aryl methyl sites for hydroxylation is 3. The highest BCUT2D eigenvalue weighted by molar-refractivity contribution is 6.30.